The number of benzene rings is 1. The Morgan fingerprint density at radius 1 is 1.40 bits per heavy atom. The molecule has 0 aliphatic heterocycles. The van der Waals surface area contributed by atoms with Crippen LogP contribution in [0.5, 0.6) is 0 Å². The molecule has 0 saturated carbocycles. The molecule has 0 aliphatic rings. The first-order chi connectivity index (χ1) is 7.22. The third kappa shape index (κ3) is 1.76. The maximum absolute atomic E-state index is 13.3. The van der Waals surface area contributed by atoms with Crippen LogP contribution < -0.4 is 0 Å². The molecule has 74 valence electrons. The molecular formula is C10H5BrFN3. The third-order valence-corrected chi connectivity index (χ3v) is 2.33. The van der Waals surface area contributed by atoms with Gasteiger partial charge in [0.15, 0.2) is 0 Å². The van der Waals surface area contributed by atoms with Crippen molar-refractivity contribution in [1.82, 2.24) is 9.78 Å². The molecule has 0 saturated heterocycles. The van der Waals surface area contributed by atoms with Crippen LogP contribution in [0.15, 0.2) is 35.1 Å². The van der Waals surface area contributed by atoms with Crippen LogP contribution in [0, 0.1) is 17.1 Å². The zero-order valence-electron chi connectivity index (χ0n) is 7.48. The highest BCUT2D eigenvalue weighted by Gasteiger charge is 2.09. The summed E-state index contributed by atoms with van der Waals surface area (Å²) >= 11 is 3.19. The lowest BCUT2D eigenvalue weighted by Gasteiger charge is -2.03. The molecule has 0 N–H and O–H groups in total. The first kappa shape index (κ1) is 9.87. The maximum Gasteiger partial charge on any atom is 0.143 e. The van der Waals surface area contributed by atoms with Gasteiger partial charge in [-0.2, -0.15) is 10.4 Å². The van der Waals surface area contributed by atoms with Crippen LogP contribution >= 0.6 is 15.9 Å². The molecule has 0 spiro atoms. The first-order valence-electron chi connectivity index (χ1n) is 4.12. The molecule has 0 atom stereocenters. The van der Waals surface area contributed by atoms with Crippen molar-refractivity contribution in [1.29, 1.82) is 5.26 Å². The van der Waals surface area contributed by atoms with Gasteiger partial charge >= 0.3 is 0 Å². The van der Waals surface area contributed by atoms with E-state index in [1.54, 1.807) is 24.4 Å². The molecule has 0 fully saturated rings. The second-order valence-corrected chi connectivity index (χ2v) is 3.64. The Balaban J connectivity index is 2.63. The predicted octanol–water partition coefficient (Wildman–Crippen LogP) is 2.65. The number of hydrogen-bond donors (Lipinski definition) is 0. The summed E-state index contributed by atoms with van der Waals surface area (Å²) in [5, 5.41) is 12.9. The van der Waals surface area contributed by atoms with Crippen LogP contribution in [0.3, 0.4) is 0 Å². The Bertz CT molecular complexity index is 542. The Kier molecular flexibility index (Phi) is 2.52. The summed E-state index contributed by atoms with van der Waals surface area (Å²) in [6.07, 6.45) is 1.65. The molecular weight excluding hydrogens is 261 g/mol. The summed E-state index contributed by atoms with van der Waals surface area (Å²) in [7, 11) is 0. The van der Waals surface area contributed by atoms with Gasteiger partial charge in [0.1, 0.15) is 22.1 Å². The van der Waals surface area contributed by atoms with Gasteiger partial charge in [0.2, 0.25) is 0 Å². The van der Waals surface area contributed by atoms with Crippen LogP contribution in [0.2, 0.25) is 0 Å². The molecule has 0 unspecified atom stereocenters. The van der Waals surface area contributed by atoms with Gasteiger partial charge in [0.05, 0.1) is 5.69 Å². The minimum absolute atomic E-state index is 0.00639. The standard InChI is InChI=1S/C10H5BrFN3/c11-10-4-5-15(14-10)9-3-1-2-8(12)7(9)6-13/h1-5H. The summed E-state index contributed by atoms with van der Waals surface area (Å²) in [5.41, 5.74) is 0.427. The van der Waals surface area contributed by atoms with Gasteiger partial charge in [-0.05, 0) is 34.1 Å². The molecule has 0 radical (unpaired) electrons. The van der Waals surface area contributed by atoms with Gasteiger partial charge in [0.25, 0.3) is 0 Å². The lowest BCUT2D eigenvalue weighted by Crippen LogP contribution is -1.99. The largest absolute Gasteiger partial charge is 0.238 e. The van der Waals surface area contributed by atoms with E-state index in [9.17, 15) is 4.39 Å². The molecule has 1 aromatic heterocycles. The quantitative estimate of drug-likeness (QED) is 0.796. The zero-order chi connectivity index (χ0) is 10.8. The average Bonchev–Trinajstić information content (AvgIpc) is 2.64. The van der Waals surface area contributed by atoms with Gasteiger partial charge in [-0.3, -0.25) is 0 Å². The maximum atomic E-state index is 13.3. The molecule has 5 heteroatoms. The molecule has 0 aliphatic carbocycles. The lowest BCUT2D eigenvalue weighted by molar-refractivity contribution is 0.621. The number of hydrogen-bond acceptors (Lipinski definition) is 2. The summed E-state index contributed by atoms with van der Waals surface area (Å²) in [6.45, 7) is 0. The number of rotatable bonds is 1. The van der Waals surface area contributed by atoms with Crippen molar-refractivity contribution >= 4 is 15.9 Å². The molecule has 15 heavy (non-hydrogen) atoms. The molecule has 3 nitrogen and oxygen atoms in total. The third-order valence-electron chi connectivity index (χ3n) is 1.91. The van der Waals surface area contributed by atoms with Crippen LogP contribution in [-0.4, -0.2) is 9.78 Å². The Labute approximate surface area is 93.9 Å². The number of halogens is 2. The SMILES string of the molecule is N#Cc1c(F)cccc1-n1ccc(Br)n1. The van der Waals surface area contributed by atoms with Gasteiger partial charge in [-0.25, -0.2) is 9.07 Å². The van der Waals surface area contributed by atoms with Crippen molar-refractivity contribution in [3.8, 4) is 11.8 Å². The van der Waals surface area contributed by atoms with E-state index in [-0.39, 0.29) is 5.56 Å². The van der Waals surface area contributed by atoms with Crippen molar-refractivity contribution < 1.29 is 4.39 Å². The van der Waals surface area contributed by atoms with Gasteiger partial charge in [0, 0.05) is 6.20 Å². The van der Waals surface area contributed by atoms with Crippen molar-refractivity contribution in [3.05, 3.63) is 46.4 Å². The van der Waals surface area contributed by atoms with Crippen LogP contribution in [0.25, 0.3) is 5.69 Å². The van der Waals surface area contributed by atoms with Crippen molar-refractivity contribution in [2.75, 3.05) is 0 Å². The summed E-state index contributed by atoms with van der Waals surface area (Å²) < 4.78 is 15.4. The zero-order valence-corrected chi connectivity index (χ0v) is 9.07. The van der Waals surface area contributed by atoms with Crippen molar-refractivity contribution in [2.24, 2.45) is 0 Å². The van der Waals surface area contributed by atoms with Crippen LogP contribution in [0.4, 0.5) is 4.39 Å². The summed E-state index contributed by atoms with van der Waals surface area (Å²) in [5.74, 6) is -0.540. The van der Waals surface area contributed by atoms with E-state index < -0.39 is 5.82 Å². The number of nitrogens with zero attached hydrogens (tertiary/aromatic N) is 3. The number of nitriles is 1. The predicted molar refractivity (Wildman–Crippen MR) is 55.9 cm³/mol. The fourth-order valence-electron chi connectivity index (χ4n) is 1.25. The fraction of sp³-hybridized carbons (Fsp3) is 0. The van der Waals surface area contributed by atoms with Crippen molar-refractivity contribution in [3.63, 3.8) is 0 Å². The Hall–Kier alpha value is -1.67. The topological polar surface area (TPSA) is 41.6 Å². The highest BCUT2D eigenvalue weighted by molar-refractivity contribution is 9.10. The highest BCUT2D eigenvalue weighted by atomic mass is 79.9. The normalized spacial score (nSPS) is 9.93. The van der Waals surface area contributed by atoms with E-state index in [0.29, 0.717) is 10.3 Å². The minimum atomic E-state index is -0.540. The van der Waals surface area contributed by atoms with Crippen LogP contribution in [0.1, 0.15) is 5.56 Å². The van der Waals surface area contributed by atoms with E-state index in [4.69, 9.17) is 5.26 Å². The monoisotopic (exact) mass is 265 g/mol. The smallest absolute Gasteiger partial charge is 0.143 e. The van der Waals surface area contributed by atoms with Gasteiger partial charge in [-0.15, -0.1) is 0 Å². The molecule has 0 amide bonds. The molecule has 0 bridgehead atoms. The number of aromatic nitrogens is 2. The minimum Gasteiger partial charge on any atom is -0.238 e. The molecule has 2 aromatic rings. The van der Waals surface area contributed by atoms with Gasteiger partial charge in [-0.1, -0.05) is 6.07 Å². The Morgan fingerprint density at radius 3 is 2.80 bits per heavy atom. The first-order valence-corrected chi connectivity index (χ1v) is 4.92. The van der Waals surface area contributed by atoms with Crippen LogP contribution in [-0.2, 0) is 0 Å². The molecule has 1 aromatic carbocycles. The summed E-state index contributed by atoms with van der Waals surface area (Å²) in [4.78, 5) is 0. The van der Waals surface area contributed by atoms with E-state index in [0.717, 1.165) is 0 Å². The highest BCUT2D eigenvalue weighted by Crippen LogP contribution is 2.17. The van der Waals surface area contributed by atoms with Crippen molar-refractivity contribution in [2.45, 2.75) is 0 Å². The lowest BCUT2D eigenvalue weighted by atomic mass is 10.2. The van der Waals surface area contributed by atoms with E-state index >= 15 is 0 Å². The van der Waals surface area contributed by atoms with Gasteiger partial charge < -0.3 is 0 Å². The second-order valence-electron chi connectivity index (χ2n) is 2.83. The van der Waals surface area contributed by atoms with E-state index in [1.165, 1.54) is 10.7 Å². The molecule has 2 rings (SSSR count). The Morgan fingerprint density at radius 2 is 2.20 bits per heavy atom. The molecule has 1 heterocycles. The second kappa shape index (κ2) is 3.83. The van der Waals surface area contributed by atoms with E-state index in [1.807, 2.05) is 6.07 Å². The van der Waals surface area contributed by atoms with E-state index in [2.05, 4.69) is 21.0 Å². The fourth-order valence-corrected chi connectivity index (χ4v) is 1.54. The summed E-state index contributed by atoms with van der Waals surface area (Å²) in [6, 6.07) is 7.97. The average molecular weight is 266 g/mol.